The van der Waals surface area contributed by atoms with E-state index in [0.717, 1.165) is 0 Å². The predicted molar refractivity (Wildman–Crippen MR) is 155 cm³/mol. The number of aliphatic hydroxyl groups excluding tert-OH is 1. The van der Waals surface area contributed by atoms with Gasteiger partial charge < -0.3 is 30.5 Å². The van der Waals surface area contributed by atoms with E-state index < -0.39 is 23.5 Å². The van der Waals surface area contributed by atoms with E-state index in [1.807, 2.05) is 0 Å². The summed E-state index contributed by atoms with van der Waals surface area (Å²) in [6, 6.07) is 7.79. The predicted octanol–water partition coefficient (Wildman–Crippen LogP) is 4.79. The van der Waals surface area contributed by atoms with E-state index in [1.165, 1.54) is 33.4 Å². The lowest BCUT2D eigenvalue weighted by Crippen LogP contribution is -2.21. The number of aryl methyl sites for hydroxylation is 1. The summed E-state index contributed by atoms with van der Waals surface area (Å²) in [4.78, 5) is 25.1. The lowest BCUT2D eigenvalue weighted by atomic mass is 10.1. The number of amides is 1. The van der Waals surface area contributed by atoms with Gasteiger partial charge in [-0.05, 0) is 36.2 Å². The standard InChI is InChI=1S/C27H28F3N8O5P/c1-31-24(40)22-20(8-7-18(33-22)16-13-38(9-4-10-39)37-25(16)43-3)34-23-17(27(28,29)30)12-32-26(36-23)35-19-6-5-15(14-44-41)11-21(19)42-2/h5-8,11-13,39H,4,9-10,14H2,1-3H3,(H,31,40)(H2,32,34,35,36). The summed E-state index contributed by atoms with van der Waals surface area (Å²) in [7, 11) is 4.09. The number of aromatic nitrogens is 5. The van der Waals surface area contributed by atoms with Gasteiger partial charge in [-0.1, -0.05) is 6.07 Å². The number of methoxy groups -OCH3 is 2. The molecule has 0 aliphatic rings. The Morgan fingerprint density at radius 2 is 1.86 bits per heavy atom. The average molecular weight is 633 g/mol. The zero-order valence-corrected chi connectivity index (χ0v) is 24.7. The molecule has 0 saturated heterocycles. The molecule has 0 unspecified atom stereocenters. The van der Waals surface area contributed by atoms with E-state index in [1.54, 1.807) is 29.1 Å². The summed E-state index contributed by atoms with van der Waals surface area (Å²) in [6.45, 7) is 0.355. The van der Waals surface area contributed by atoms with Crippen LogP contribution >= 0.6 is 8.46 Å². The topological polar surface area (TPSA) is 165 Å². The molecule has 0 atom stereocenters. The minimum Gasteiger partial charge on any atom is -0.495 e. The first-order chi connectivity index (χ1) is 21.1. The molecule has 0 aliphatic carbocycles. The zero-order valence-electron chi connectivity index (χ0n) is 23.8. The van der Waals surface area contributed by atoms with Gasteiger partial charge in [0.1, 0.15) is 17.1 Å². The maximum Gasteiger partial charge on any atom is 0.421 e. The maximum atomic E-state index is 14.0. The number of halogens is 3. The van der Waals surface area contributed by atoms with Crippen molar-refractivity contribution in [1.29, 1.82) is 0 Å². The highest BCUT2D eigenvalue weighted by Crippen LogP contribution is 2.37. The van der Waals surface area contributed by atoms with Gasteiger partial charge in [0, 0.05) is 32.6 Å². The third-order valence-electron chi connectivity index (χ3n) is 6.19. The Morgan fingerprint density at radius 1 is 1.09 bits per heavy atom. The summed E-state index contributed by atoms with van der Waals surface area (Å²) >= 11 is 0. The summed E-state index contributed by atoms with van der Waals surface area (Å²) < 4.78 is 65.2. The van der Waals surface area contributed by atoms with E-state index in [-0.39, 0.29) is 50.1 Å². The van der Waals surface area contributed by atoms with E-state index in [2.05, 4.69) is 36.0 Å². The van der Waals surface area contributed by atoms with E-state index in [0.29, 0.717) is 41.7 Å². The fraction of sp³-hybridized carbons (Fsp3) is 0.296. The monoisotopic (exact) mass is 632 g/mol. The van der Waals surface area contributed by atoms with Crippen LogP contribution in [-0.2, 0) is 23.4 Å². The second-order valence-electron chi connectivity index (χ2n) is 9.09. The van der Waals surface area contributed by atoms with Gasteiger partial charge in [-0.2, -0.15) is 18.2 Å². The fourth-order valence-electron chi connectivity index (χ4n) is 4.08. The molecule has 4 N–H and O–H groups in total. The molecule has 3 aromatic heterocycles. The van der Waals surface area contributed by atoms with E-state index >= 15 is 0 Å². The number of carbonyl (C=O) groups is 1. The Morgan fingerprint density at radius 3 is 2.52 bits per heavy atom. The van der Waals surface area contributed by atoms with Gasteiger partial charge in [-0.25, -0.2) is 9.97 Å². The second-order valence-corrected chi connectivity index (χ2v) is 9.66. The molecular formula is C27H28F3N8O5P. The maximum absolute atomic E-state index is 14.0. The summed E-state index contributed by atoms with van der Waals surface area (Å²) in [5, 5.41) is 21.3. The molecule has 3 heterocycles. The number of nitrogens with zero attached hydrogens (tertiary/aromatic N) is 5. The molecule has 0 aliphatic heterocycles. The molecule has 4 rings (SSSR count). The first-order valence-corrected chi connectivity index (χ1v) is 14.0. The molecule has 232 valence electrons. The number of carbonyl (C=O) groups excluding carboxylic acids is 1. The normalized spacial score (nSPS) is 11.3. The van der Waals surface area contributed by atoms with Crippen LogP contribution in [0.5, 0.6) is 11.6 Å². The molecule has 17 heteroatoms. The lowest BCUT2D eigenvalue weighted by molar-refractivity contribution is -0.137. The van der Waals surface area contributed by atoms with Crippen LogP contribution < -0.4 is 25.4 Å². The van der Waals surface area contributed by atoms with Gasteiger partial charge in [0.25, 0.3) is 5.91 Å². The summed E-state index contributed by atoms with van der Waals surface area (Å²) in [5.41, 5.74) is 0.317. The van der Waals surface area contributed by atoms with Crippen LogP contribution in [0.2, 0.25) is 0 Å². The Labute approximate surface area is 251 Å². The Balaban J connectivity index is 1.74. The van der Waals surface area contributed by atoms with Gasteiger partial charge in [0.15, 0.2) is 14.2 Å². The van der Waals surface area contributed by atoms with Crippen molar-refractivity contribution in [2.24, 2.45) is 0 Å². The fourth-order valence-corrected chi connectivity index (χ4v) is 4.43. The van der Waals surface area contributed by atoms with Gasteiger partial charge in [-0.15, -0.1) is 5.10 Å². The molecule has 13 nitrogen and oxygen atoms in total. The van der Waals surface area contributed by atoms with Crippen LogP contribution in [0.3, 0.4) is 0 Å². The first-order valence-electron chi connectivity index (χ1n) is 13.0. The molecular weight excluding hydrogens is 604 g/mol. The third-order valence-corrected chi connectivity index (χ3v) is 6.68. The minimum absolute atomic E-state index is 0.0424. The highest BCUT2D eigenvalue weighted by Gasteiger charge is 2.36. The largest absolute Gasteiger partial charge is 0.495 e. The molecule has 1 aromatic carbocycles. The number of anilines is 4. The van der Waals surface area contributed by atoms with Crippen molar-refractivity contribution < 1.29 is 37.1 Å². The zero-order chi connectivity index (χ0) is 31.9. The average Bonchev–Trinajstić information content (AvgIpc) is 3.43. The van der Waals surface area contributed by atoms with Crippen molar-refractivity contribution in [3.05, 3.63) is 59.5 Å². The molecule has 1 amide bonds. The molecule has 0 spiro atoms. The Bertz CT molecular complexity index is 1650. The number of hydrogen-bond donors (Lipinski definition) is 4. The van der Waals surface area contributed by atoms with Crippen LogP contribution in [0.4, 0.5) is 36.3 Å². The van der Waals surface area contributed by atoms with Gasteiger partial charge in [-0.3, -0.25) is 14.0 Å². The molecule has 4 aromatic rings. The summed E-state index contributed by atoms with van der Waals surface area (Å²) in [5.74, 6) is -0.962. The molecule has 44 heavy (non-hydrogen) atoms. The van der Waals surface area contributed by atoms with Crippen LogP contribution in [-0.4, -0.2) is 63.6 Å². The first kappa shape index (κ1) is 32.1. The molecule has 0 radical (unpaired) electrons. The quantitative estimate of drug-likeness (QED) is 0.150. The van der Waals surface area contributed by atoms with Crippen molar-refractivity contribution in [2.45, 2.75) is 25.3 Å². The van der Waals surface area contributed by atoms with Crippen LogP contribution in [0.15, 0.2) is 42.7 Å². The SMILES string of the molecule is CNC(=O)c1nc(-c2cn(CCCO)nc2OC)ccc1Nc1nc(Nc2ccc(CP=O)cc2OC)ncc1C(F)(F)F. The number of ether oxygens (including phenoxy) is 2. The van der Waals surface area contributed by atoms with Crippen LogP contribution in [0.25, 0.3) is 11.3 Å². The van der Waals surface area contributed by atoms with Crippen molar-refractivity contribution in [2.75, 3.05) is 38.5 Å². The second kappa shape index (κ2) is 14.1. The van der Waals surface area contributed by atoms with Crippen molar-refractivity contribution in [3.8, 4) is 22.9 Å². The number of nitrogens with one attached hydrogen (secondary N) is 3. The van der Waals surface area contributed by atoms with Crippen molar-refractivity contribution >= 4 is 37.5 Å². The lowest BCUT2D eigenvalue weighted by Gasteiger charge is -2.17. The minimum atomic E-state index is -4.84. The van der Waals surface area contributed by atoms with Crippen LogP contribution in [0.1, 0.15) is 28.0 Å². The van der Waals surface area contributed by atoms with E-state index in [4.69, 9.17) is 14.6 Å². The Kier molecular flexibility index (Phi) is 10.3. The molecule has 0 fully saturated rings. The van der Waals surface area contributed by atoms with E-state index in [9.17, 15) is 22.5 Å². The third kappa shape index (κ3) is 7.38. The van der Waals surface area contributed by atoms with Gasteiger partial charge >= 0.3 is 6.18 Å². The number of alkyl halides is 3. The van der Waals surface area contributed by atoms with Gasteiger partial charge in [0.2, 0.25) is 11.8 Å². The van der Waals surface area contributed by atoms with Crippen molar-refractivity contribution in [1.82, 2.24) is 30.0 Å². The van der Waals surface area contributed by atoms with Gasteiger partial charge in [0.05, 0.1) is 43.0 Å². The summed E-state index contributed by atoms with van der Waals surface area (Å²) in [6.07, 6.45) is -1.90. The number of rotatable bonds is 13. The number of aliphatic hydroxyl groups is 1. The highest BCUT2D eigenvalue weighted by atomic mass is 31.1. The highest BCUT2D eigenvalue weighted by molar-refractivity contribution is 7.22. The van der Waals surface area contributed by atoms with Crippen LogP contribution in [0, 0.1) is 0 Å². The number of pyridine rings is 1. The smallest absolute Gasteiger partial charge is 0.421 e. The Hall–Kier alpha value is -4.82. The van der Waals surface area contributed by atoms with Crippen molar-refractivity contribution in [3.63, 3.8) is 0 Å². The number of benzene rings is 1. The molecule has 0 saturated carbocycles. The molecule has 0 bridgehead atoms. The number of hydrogen-bond acceptors (Lipinski definition) is 11.